The van der Waals surface area contributed by atoms with E-state index in [1.165, 1.54) is 16.8 Å². The van der Waals surface area contributed by atoms with Crippen molar-refractivity contribution in [3.8, 4) is 6.07 Å². The van der Waals surface area contributed by atoms with E-state index in [1.54, 1.807) is 0 Å². The minimum atomic E-state index is -1.48. The molecule has 0 aromatic carbocycles. The van der Waals surface area contributed by atoms with Crippen LogP contribution in [0.1, 0.15) is 53.7 Å². The summed E-state index contributed by atoms with van der Waals surface area (Å²) in [5.41, 5.74) is -0.992. The molecule has 4 atom stereocenters. The molecule has 10 heteroatoms. The quantitative estimate of drug-likeness (QED) is 0.452. The van der Waals surface area contributed by atoms with E-state index in [2.05, 4.69) is 43.4 Å². The molecule has 2 rings (SSSR count). The number of hydrogen-bond acceptors (Lipinski definition) is 7. The van der Waals surface area contributed by atoms with Gasteiger partial charge in [-0.15, -0.1) is 0 Å². The summed E-state index contributed by atoms with van der Waals surface area (Å²) in [5.74, 6) is 0.0737. The second-order valence-corrected chi connectivity index (χ2v) is 8.93. The van der Waals surface area contributed by atoms with Gasteiger partial charge in [0.2, 0.25) is 0 Å². The molecule has 0 bridgehead atoms. The van der Waals surface area contributed by atoms with Crippen LogP contribution in [0.4, 0.5) is 0 Å². The summed E-state index contributed by atoms with van der Waals surface area (Å²) < 4.78 is 21.9. The van der Waals surface area contributed by atoms with E-state index in [4.69, 9.17) is 19.0 Å². The lowest BCUT2D eigenvalue weighted by Crippen LogP contribution is -2.39. The monoisotopic (exact) mass is 426 g/mol. The second-order valence-electron chi connectivity index (χ2n) is 7.53. The Kier molecular flexibility index (Phi) is 9.00. The van der Waals surface area contributed by atoms with Crippen LogP contribution in [-0.2, 0) is 13.8 Å². The van der Waals surface area contributed by atoms with Crippen LogP contribution < -0.4 is 11.2 Å². The van der Waals surface area contributed by atoms with E-state index in [0.29, 0.717) is 6.61 Å². The molecule has 0 aliphatic carbocycles. The van der Waals surface area contributed by atoms with Crippen LogP contribution in [0.3, 0.4) is 0 Å². The first-order valence-corrected chi connectivity index (χ1v) is 11.1. The lowest BCUT2D eigenvalue weighted by Gasteiger charge is -2.38. The predicted octanol–water partition coefficient (Wildman–Crippen LogP) is 2.75. The molecule has 1 aliphatic heterocycles. The third-order valence-corrected chi connectivity index (χ3v) is 6.88. The largest absolute Gasteiger partial charge is 0.355 e. The molecule has 2 heterocycles. The van der Waals surface area contributed by atoms with E-state index in [0.717, 1.165) is 6.42 Å². The van der Waals surface area contributed by atoms with Crippen molar-refractivity contribution in [2.45, 2.75) is 71.9 Å². The van der Waals surface area contributed by atoms with Gasteiger partial charge in [-0.2, -0.15) is 5.26 Å². The zero-order valence-electron chi connectivity index (χ0n) is 17.7. The first-order chi connectivity index (χ1) is 13.8. The first kappa shape index (κ1) is 23.7. The Hall–Kier alpha value is -1.56. The second kappa shape index (κ2) is 11.0. The van der Waals surface area contributed by atoms with Crippen LogP contribution in [0, 0.1) is 17.2 Å². The Morgan fingerprint density at radius 2 is 2.07 bits per heavy atom. The number of nitrogens with zero attached hydrogens (tertiary/aromatic N) is 3. The topological polar surface area (TPSA) is 110 Å². The fourth-order valence-electron chi connectivity index (χ4n) is 3.40. The number of nitriles is 1. The zero-order chi connectivity index (χ0) is 21.6. The SMILES string of the molecule is CC[C@H]1CO[C@@H](n2ccc(=O)[nH]c2=O)[C@@H]1OP(OCCC#N)N(C(C)C)C(C)C. The highest BCUT2D eigenvalue weighted by Crippen LogP contribution is 2.50. The molecule has 9 nitrogen and oxygen atoms in total. The molecule has 0 saturated carbocycles. The Morgan fingerprint density at radius 1 is 1.38 bits per heavy atom. The van der Waals surface area contributed by atoms with E-state index in [1.807, 2.05) is 6.92 Å². The fraction of sp³-hybridized carbons (Fsp3) is 0.737. The molecular weight excluding hydrogens is 395 g/mol. The Morgan fingerprint density at radius 3 is 2.62 bits per heavy atom. The number of ether oxygens (including phenoxy) is 1. The van der Waals surface area contributed by atoms with Gasteiger partial charge in [0.25, 0.3) is 14.1 Å². The van der Waals surface area contributed by atoms with Gasteiger partial charge in [0.1, 0.15) is 6.10 Å². The Labute approximate surface area is 172 Å². The van der Waals surface area contributed by atoms with Gasteiger partial charge in [0.05, 0.1) is 25.7 Å². The first-order valence-electron chi connectivity index (χ1n) is 9.98. The van der Waals surface area contributed by atoms with Crippen LogP contribution in [-0.4, -0.2) is 45.6 Å². The van der Waals surface area contributed by atoms with Crippen molar-refractivity contribution in [1.82, 2.24) is 14.2 Å². The number of aromatic nitrogens is 2. The van der Waals surface area contributed by atoms with Crippen LogP contribution in [0.5, 0.6) is 0 Å². The Bertz CT molecular complexity index is 795. The smallest absolute Gasteiger partial charge is 0.330 e. The average Bonchev–Trinajstić information content (AvgIpc) is 3.03. The highest BCUT2D eigenvalue weighted by molar-refractivity contribution is 7.44. The summed E-state index contributed by atoms with van der Waals surface area (Å²) >= 11 is 0. The molecule has 1 aliphatic rings. The molecule has 1 fully saturated rings. The number of aromatic amines is 1. The van der Waals surface area contributed by atoms with Gasteiger partial charge < -0.3 is 13.8 Å². The van der Waals surface area contributed by atoms with Crippen molar-refractivity contribution < 1.29 is 13.8 Å². The fourth-order valence-corrected chi connectivity index (χ4v) is 5.19. The van der Waals surface area contributed by atoms with Gasteiger partial charge in [-0.05, 0) is 34.1 Å². The number of H-pyrrole nitrogens is 1. The maximum Gasteiger partial charge on any atom is 0.330 e. The molecule has 1 saturated heterocycles. The molecule has 0 radical (unpaired) electrons. The van der Waals surface area contributed by atoms with Gasteiger partial charge in [-0.25, -0.2) is 9.46 Å². The summed E-state index contributed by atoms with van der Waals surface area (Å²) in [6.07, 6.45) is 1.44. The maximum atomic E-state index is 12.3. The summed E-state index contributed by atoms with van der Waals surface area (Å²) in [5, 5.41) is 8.88. The lowest BCUT2D eigenvalue weighted by molar-refractivity contribution is -0.0103. The summed E-state index contributed by atoms with van der Waals surface area (Å²) in [4.78, 5) is 26.0. The molecule has 162 valence electrons. The van der Waals surface area contributed by atoms with Gasteiger partial charge in [0.15, 0.2) is 6.23 Å². The Balaban J connectivity index is 2.33. The van der Waals surface area contributed by atoms with Crippen LogP contribution >= 0.6 is 8.53 Å². The van der Waals surface area contributed by atoms with Gasteiger partial charge >= 0.3 is 5.69 Å². The highest BCUT2D eigenvalue weighted by Gasteiger charge is 2.42. The molecule has 0 spiro atoms. The molecule has 1 N–H and O–H groups in total. The minimum Gasteiger partial charge on any atom is -0.355 e. The number of hydrogen-bond donors (Lipinski definition) is 1. The third-order valence-electron chi connectivity index (χ3n) is 4.75. The summed E-state index contributed by atoms with van der Waals surface area (Å²) in [6.45, 7) is 11.0. The third kappa shape index (κ3) is 5.97. The normalized spacial score (nSPS) is 23.1. The van der Waals surface area contributed by atoms with E-state index < -0.39 is 32.1 Å². The standard InChI is InChI=1S/C19H31N4O5P/c1-6-15-12-26-18(22-10-8-16(24)21-19(22)25)17(15)28-29(27-11-7-9-20)23(13(2)3)14(4)5/h8,10,13-15,17-18H,6-7,11-12H2,1-5H3,(H,21,24,25)/t15-,17+,18+,29?/m0/s1. The van der Waals surface area contributed by atoms with Gasteiger partial charge in [-0.1, -0.05) is 6.92 Å². The van der Waals surface area contributed by atoms with E-state index in [-0.39, 0.29) is 31.0 Å². The van der Waals surface area contributed by atoms with Crippen LogP contribution in [0.2, 0.25) is 0 Å². The number of rotatable bonds is 10. The van der Waals surface area contributed by atoms with Crippen molar-refractivity contribution in [2.24, 2.45) is 5.92 Å². The van der Waals surface area contributed by atoms with Crippen LogP contribution in [0.15, 0.2) is 21.9 Å². The number of nitrogens with one attached hydrogen (secondary N) is 1. The van der Waals surface area contributed by atoms with E-state index >= 15 is 0 Å². The predicted molar refractivity (Wildman–Crippen MR) is 110 cm³/mol. The lowest BCUT2D eigenvalue weighted by atomic mass is 10.0. The van der Waals surface area contributed by atoms with E-state index in [9.17, 15) is 9.59 Å². The van der Waals surface area contributed by atoms with Crippen molar-refractivity contribution in [1.29, 1.82) is 5.26 Å². The van der Waals surface area contributed by atoms with Crippen molar-refractivity contribution >= 4 is 8.53 Å². The molecular formula is C19H31N4O5P. The molecule has 29 heavy (non-hydrogen) atoms. The average molecular weight is 426 g/mol. The summed E-state index contributed by atoms with van der Waals surface area (Å²) in [7, 11) is -1.48. The van der Waals surface area contributed by atoms with Gasteiger partial charge in [-0.3, -0.25) is 14.3 Å². The summed E-state index contributed by atoms with van der Waals surface area (Å²) in [6, 6.07) is 3.72. The van der Waals surface area contributed by atoms with Crippen molar-refractivity contribution in [3.63, 3.8) is 0 Å². The van der Waals surface area contributed by atoms with Crippen molar-refractivity contribution in [2.75, 3.05) is 13.2 Å². The molecule has 1 aromatic heterocycles. The molecule has 1 unspecified atom stereocenters. The van der Waals surface area contributed by atoms with Crippen LogP contribution in [0.25, 0.3) is 0 Å². The van der Waals surface area contributed by atoms with Gasteiger partial charge in [0, 0.05) is 30.3 Å². The maximum absolute atomic E-state index is 12.3. The van der Waals surface area contributed by atoms with Crippen molar-refractivity contribution in [3.05, 3.63) is 33.1 Å². The molecule has 0 amide bonds. The zero-order valence-corrected chi connectivity index (χ0v) is 18.6. The molecule has 1 aromatic rings. The minimum absolute atomic E-state index is 0.0737. The highest BCUT2D eigenvalue weighted by atomic mass is 31.2.